The standard InChI is InChI=1S/C14H28N4O/c1-6-11(7-2)13(19)9-15-8-12-10-18(17-16-12)14(3,4)5/h10-11,13,15,19H,6-9H2,1-5H3. The second kappa shape index (κ2) is 7.01. The molecule has 19 heavy (non-hydrogen) atoms. The van der Waals surface area contributed by atoms with E-state index in [1.807, 2.05) is 10.9 Å². The number of aliphatic hydroxyl groups excluding tert-OH is 1. The summed E-state index contributed by atoms with van der Waals surface area (Å²) in [5.74, 6) is 0.373. The average Bonchev–Trinajstić information content (AvgIpc) is 2.79. The molecule has 5 heteroatoms. The third-order valence-corrected chi connectivity index (χ3v) is 3.48. The summed E-state index contributed by atoms with van der Waals surface area (Å²) in [5, 5.41) is 21.5. The van der Waals surface area contributed by atoms with Crippen LogP contribution in [0.1, 0.15) is 53.2 Å². The smallest absolute Gasteiger partial charge is 0.0965 e. The van der Waals surface area contributed by atoms with Crippen molar-refractivity contribution in [2.24, 2.45) is 5.92 Å². The predicted molar refractivity (Wildman–Crippen MR) is 76.8 cm³/mol. The monoisotopic (exact) mass is 268 g/mol. The van der Waals surface area contributed by atoms with Crippen LogP contribution in [0.25, 0.3) is 0 Å². The lowest BCUT2D eigenvalue weighted by Crippen LogP contribution is -2.32. The van der Waals surface area contributed by atoms with Crippen molar-refractivity contribution in [1.29, 1.82) is 0 Å². The predicted octanol–water partition coefficient (Wildman–Crippen LogP) is 1.92. The summed E-state index contributed by atoms with van der Waals surface area (Å²) in [4.78, 5) is 0. The molecule has 0 aromatic carbocycles. The Morgan fingerprint density at radius 2 is 1.95 bits per heavy atom. The number of aromatic nitrogens is 3. The van der Waals surface area contributed by atoms with Crippen molar-refractivity contribution in [3.63, 3.8) is 0 Å². The second-order valence-electron chi connectivity index (χ2n) is 6.10. The SMILES string of the molecule is CCC(CC)C(O)CNCc1cn(C(C)(C)C)nn1. The lowest BCUT2D eigenvalue weighted by molar-refractivity contribution is 0.101. The fourth-order valence-electron chi connectivity index (χ4n) is 2.05. The van der Waals surface area contributed by atoms with Gasteiger partial charge in [-0.05, 0) is 26.7 Å². The lowest BCUT2D eigenvalue weighted by atomic mass is 9.96. The second-order valence-corrected chi connectivity index (χ2v) is 6.10. The number of aliphatic hydroxyl groups is 1. The van der Waals surface area contributed by atoms with E-state index in [0.717, 1.165) is 18.5 Å². The zero-order valence-corrected chi connectivity index (χ0v) is 12.8. The van der Waals surface area contributed by atoms with Crippen molar-refractivity contribution in [2.75, 3.05) is 6.54 Å². The van der Waals surface area contributed by atoms with Crippen LogP contribution in [0.15, 0.2) is 6.20 Å². The molecule has 2 N–H and O–H groups in total. The molecule has 0 saturated heterocycles. The highest BCUT2D eigenvalue weighted by atomic mass is 16.3. The minimum absolute atomic E-state index is 0.0414. The van der Waals surface area contributed by atoms with Crippen LogP contribution in [-0.4, -0.2) is 32.7 Å². The molecular weight excluding hydrogens is 240 g/mol. The van der Waals surface area contributed by atoms with Gasteiger partial charge in [0.2, 0.25) is 0 Å². The molecule has 0 aliphatic heterocycles. The summed E-state index contributed by atoms with van der Waals surface area (Å²) in [6.45, 7) is 11.8. The van der Waals surface area contributed by atoms with Crippen LogP contribution in [0.5, 0.6) is 0 Å². The third kappa shape index (κ3) is 4.91. The van der Waals surface area contributed by atoms with E-state index in [-0.39, 0.29) is 11.6 Å². The Morgan fingerprint density at radius 3 is 2.42 bits per heavy atom. The van der Waals surface area contributed by atoms with Gasteiger partial charge in [-0.15, -0.1) is 5.10 Å². The molecule has 0 spiro atoms. The van der Waals surface area contributed by atoms with Crippen molar-refractivity contribution >= 4 is 0 Å². The lowest BCUT2D eigenvalue weighted by Gasteiger charge is -2.20. The molecular formula is C14H28N4O. The summed E-state index contributed by atoms with van der Waals surface area (Å²) in [7, 11) is 0. The Kier molecular flexibility index (Phi) is 5.94. The summed E-state index contributed by atoms with van der Waals surface area (Å²) >= 11 is 0. The minimum Gasteiger partial charge on any atom is -0.392 e. The molecule has 1 rings (SSSR count). The van der Waals surface area contributed by atoms with Gasteiger partial charge in [0, 0.05) is 13.1 Å². The van der Waals surface area contributed by atoms with Crippen molar-refractivity contribution in [3.05, 3.63) is 11.9 Å². The van der Waals surface area contributed by atoms with Crippen LogP contribution in [0, 0.1) is 5.92 Å². The van der Waals surface area contributed by atoms with Crippen LogP contribution < -0.4 is 5.32 Å². The molecule has 5 nitrogen and oxygen atoms in total. The summed E-state index contributed by atoms with van der Waals surface area (Å²) < 4.78 is 1.86. The topological polar surface area (TPSA) is 63.0 Å². The van der Waals surface area contributed by atoms with Gasteiger partial charge in [-0.3, -0.25) is 0 Å². The van der Waals surface area contributed by atoms with E-state index in [1.54, 1.807) is 0 Å². The Bertz CT molecular complexity index is 366. The van der Waals surface area contributed by atoms with E-state index in [1.165, 1.54) is 0 Å². The normalized spacial score (nSPS) is 14.1. The van der Waals surface area contributed by atoms with Crippen molar-refractivity contribution < 1.29 is 5.11 Å². The zero-order chi connectivity index (χ0) is 14.5. The maximum Gasteiger partial charge on any atom is 0.0965 e. The number of rotatable bonds is 7. The molecule has 1 heterocycles. The van der Waals surface area contributed by atoms with E-state index in [4.69, 9.17) is 0 Å². The Hall–Kier alpha value is -0.940. The Balaban J connectivity index is 2.39. The number of nitrogens with one attached hydrogen (secondary N) is 1. The first-order valence-corrected chi connectivity index (χ1v) is 7.19. The molecule has 110 valence electrons. The van der Waals surface area contributed by atoms with Gasteiger partial charge in [0.15, 0.2) is 0 Å². The molecule has 1 unspecified atom stereocenters. The minimum atomic E-state index is -0.285. The molecule has 0 amide bonds. The number of hydrogen-bond acceptors (Lipinski definition) is 4. The molecule has 1 aromatic heterocycles. The quantitative estimate of drug-likeness (QED) is 0.793. The first-order valence-electron chi connectivity index (χ1n) is 7.19. The molecule has 0 bridgehead atoms. The highest BCUT2D eigenvalue weighted by molar-refractivity contribution is 4.94. The first kappa shape index (κ1) is 16.1. The Morgan fingerprint density at radius 1 is 1.32 bits per heavy atom. The third-order valence-electron chi connectivity index (χ3n) is 3.48. The van der Waals surface area contributed by atoms with E-state index in [0.29, 0.717) is 19.0 Å². The molecule has 0 fully saturated rings. The maximum atomic E-state index is 10.0. The van der Waals surface area contributed by atoms with Crippen molar-refractivity contribution in [3.8, 4) is 0 Å². The maximum absolute atomic E-state index is 10.0. The number of hydrogen-bond donors (Lipinski definition) is 2. The average molecular weight is 268 g/mol. The Labute approximate surface area is 116 Å². The van der Waals surface area contributed by atoms with Gasteiger partial charge < -0.3 is 10.4 Å². The van der Waals surface area contributed by atoms with Crippen molar-refractivity contribution in [2.45, 2.75) is 65.6 Å². The first-order chi connectivity index (χ1) is 8.88. The van der Waals surface area contributed by atoms with Crippen molar-refractivity contribution in [1.82, 2.24) is 20.3 Å². The molecule has 0 saturated carbocycles. The summed E-state index contributed by atoms with van der Waals surface area (Å²) in [6.07, 6.45) is 3.70. The fourth-order valence-corrected chi connectivity index (χ4v) is 2.05. The van der Waals surface area contributed by atoms with Gasteiger partial charge in [-0.1, -0.05) is 31.9 Å². The number of nitrogens with zero attached hydrogens (tertiary/aromatic N) is 3. The molecule has 0 aliphatic rings. The van der Waals surface area contributed by atoms with E-state index >= 15 is 0 Å². The summed E-state index contributed by atoms with van der Waals surface area (Å²) in [5.41, 5.74) is 0.868. The zero-order valence-electron chi connectivity index (χ0n) is 12.8. The van der Waals surface area contributed by atoms with Gasteiger partial charge in [-0.2, -0.15) is 0 Å². The highest BCUT2D eigenvalue weighted by Crippen LogP contribution is 2.13. The van der Waals surface area contributed by atoms with Gasteiger partial charge >= 0.3 is 0 Å². The molecule has 0 aliphatic carbocycles. The van der Waals surface area contributed by atoms with Crippen LogP contribution in [0.3, 0.4) is 0 Å². The van der Waals surface area contributed by atoms with E-state index < -0.39 is 0 Å². The van der Waals surface area contributed by atoms with E-state index in [2.05, 4.69) is 50.2 Å². The van der Waals surface area contributed by atoms with Crippen LogP contribution in [-0.2, 0) is 12.1 Å². The fraction of sp³-hybridized carbons (Fsp3) is 0.857. The van der Waals surface area contributed by atoms with Gasteiger partial charge in [0.05, 0.1) is 23.5 Å². The molecule has 1 aromatic rings. The van der Waals surface area contributed by atoms with Gasteiger partial charge in [0.1, 0.15) is 0 Å². The van der Waals surface area contributed by atoms with Crippen LogP contribution in [0.2, 0.25) is 0 Å². The van der Waals surface area contributed by atoms with Crippen LogP contribution in [0.4, 0.5) is 0 Å². The highest BCUT2D eigenvalue weighted by Gasteiger charge is 2.16. The van der Waals surface area contributed by atoms with Gasteiger partial charge in [-0.25, -0.2) is 4.68 Å². The largest absolute Gasteiger partial charge is 0.392 e. The molecule has 1 atom stereocenters. The van der Waals surface area contributed by atoms with Crippen LogP contribution >= 0.6 is 0 Å². The summed E-state index contributed by atoms with van der Waals surface area (Å²) in [6, 6.07) is 0. The van der Waals surface area contributed by atoms with E-state index in [9.17, 15) is 5.11 Å². The van der Waals surface area contributed by atoms with Gasteiger partial charge in [0.25, 0.3) is 0 Å². The molecule has 0 radical (unpaired) electrons.